The molecule has 1 aromatic heterocycles. The molecule has 8 rings (SSSR count). The van der Waals surface area contributed by atoms with Crippen LogP contribution in [0.15, 0.2) is 41.3 Å². The van der Waals surface area contributed by atoms with Crippen LogP contribution >= 0.6 is 0 Å². The first-order valence-corrected chi connectivity index (χ1v) is 16.5. The van der Waals surface area contributed by atoms with Gasteiger partial charge in [-0.05, 0) is 87.3 Å². The summed E-state index contributed by atoms with van der Waals surface area (Å²) >= 11 is 0. The summed E-state index contributed by atoms with van der Waals surface area (Å²) in [6, 6.07) is 7.85. The number of benzene rings is 1. The number of para-hydroxylation sites is 2. The summed E-state index contributed by atoms with van der Waals surface area (Å²) in [4.78, 5) is 48.1. The predicted molar refractivity (Wildman–Crippen MR) is 167 cm³/mol. The highest BCUT2D eigenvalue weighted by molar-refractivity contribution is 5.95. The van der Waals surface area contributed by atoms with Crippen LogP contribution in [0.5, 0.6) is 0 Å². The minimum atomic E-state index is -0.625. The number of hydrogen-bond donors (Lipinski definition) is 2. The van der Waals surface area contributed by atoms with Gasteiger partial charge in [-0.1, -0.05) is 44.7 Å². The van der Waals surface area contributed by atoms with Crippen LogP contribution < -0.4 is 21.1 Å². The van der Waals surface area contributed by atoms with Crippen molar-refractivity contribution in [2.45, 2.75) is 109 Å². The van der Waals surface area contributed by atoms with Crippen molar-refractivity contribution in [3.05, 3.63) is 46.9 Å². The standard InChI is InChI=1S/C34H46N6O3/c1-21-12-13-23-16-25(21)19-34(3,18-23)39-20-24-8-4-5-9-26(39)17-29(24)40-28-11-7-6-10-27(28)36-31(32(40)42)38-15-14-30(35-22(2)41)37-33(38)43/h6-7,10-11,14-15,21,23-26,29-30H,4-5,8-9,12-13,16-20H2,1-3H3,(H,35,41)(H,37,43)/t21-,23-,24?,25+,26+,29-,30?,34-/m0/s1. The van der Waals surface area contributed by atoms with Crippen LogP contribution in [0.2, 0.25) is 0 Å². The topological polar surface area (TPSA) is 99.6 Å². The molecule has 9 nitrogen and oxygen atoms in total. The molecule has 0 radical (unpaired) electrons. The second-order valence-corrected chi connectivity index (χ2v) is 14.4. The number of rotatable bonds is 4. The van der Waals surface area contributed by atoms with Gasteiger partial charge in [-0.25, -0.2) is 14.7 Å². The molecular formula is C34H46N6O3. The lowest BCUT2D eigenvalue weighted by Crippen LogP contribution is -2.62. The summed E-state index contributed by atoms with van der Waals surface area (Å²) in [7, 11) is 0. The van der Waals surface area contributed by atoms with Gasteiger partial charge in [0, 0.05) is 37.3 Å². The number of nitrogens with one attached hydrogen (secondary N) is 2. The zero-order valence-electron chi connectivity index (χ0n) is 25.8. The van der Waals surface area contributed by atoms with E-state index in [0.29, 0.717) is 17.5 Å². The normalized spacial score (nSPS) is 36.2. The molecule has 230 valence electrons. The Morgan fingerprint density at radius 3 is 2.67 bits per heavy atom. The molecule has 2 saturated heterocycles. The first kappa shape index (κ1) is 28.6. The van der Waals surface area contributed by atoms with Crippen molar-refractivity contribution in [2.75, 3.05) is 11.4 Å². The molecule has 4 heterocycles. The minimum absolute atomic E-state index is 0.0512. The van der Waals surface area contributed by atoms with Crippen molar-refractivity contribution in [3.8, 4) is 0 Å². The molecule has 3 saturated carbocycles. The Morgan fingerprint density at radius 1 is 1.05 bits per heavy atom. The van der Waals surface area contributed by atoms with Crippen molar-refractivity contribution < 1.29 is 9.59 Å². The summed E-state index contributed by atoms with van der Waals surface area (Å²) in [5, 5.41) is 5.43. The van der Waals surface area contributed by atoms with E-state index in [0.717, 1.165) is 42.7 Å². The zero-order valence-corrected chi connectivity index (χ0v) is 25.8. The number of hydrogen-bond acceptors (Lipinski definition) is 5. The van der Waals surface area contributed by atoms with Gasteiger partial charge in [0.1, 0.15) is 6.17 Å². The molecule has 2 N–H and O–H groups in total. The van der Waals surface area contributed by atoms with Crippen molar-refractivity contribution in [1.29, 1.82) is 0 Å². The second-order valence-electron chi connectivity index (χ2n) is 14.4. The smallest absolute Gasteiger partial charge is 0.329 e. The summed E-state index contributed by atoms with van der Waals surface area (Å²) in [5.41, 5.74) is 1.54. The van der Waals surface area contributed by atoms with Gasteiger partial charge < -0.3 is 15.2 Å². The zero-order chi connectivity index (χ0) is 29.9. The number of anilines is 1. The SMILES string of the molecule is CC(=O)NC1C=CN(c2nc3ccccc3n([C@H]3C[C@H]4CCCCC3CN4[C@@]3(C)C[C@H]4CC[C@H](C)[C@H](C4)C3)c2=O)C(=O)N1. The van der Waals surface area contributed by atoms with Crippen molar-refractivity contribution in [1.82, 2.24) is 25.1 Å². The van der Waals surface area contributed by atoms with E-state index in [1.54, 1.807) is 12.3 Å². The summed E-state index contributed by atoms with van der Waals surface area (Å²) in [5.74, 6) is 2.72. The van der Waals surface area contributed by atoms with Crippen LogP contribution in [0.25, 0.3) is 11.0 Å². The molecule has 43 heavy (non-hydrogen) atoms. The van der Waals surface area contributed by atoms with Gasteiger partial charge in [-0.3, -0.25) is 14.5 Å². The maximum Gasteiger partial charge on any atom is 0.329 e. The number of amides is 3. The number of aromatic nitrogens is 2. The second kappa shape index (κ2) is 11.1. The molecule has 3 aliphatic heterocycles. The molecule has 6 aliphatic rings. The Morgan fingerprint density at radius 2 is 1.86 bits per heavy atom. The van der Waals surface area contributed by atoms with Crippen LogP contribution in [0.1, 0.15) is 91.0 Å². The molecule has 5 fully saturated rings. The highest BCUT2D eigenvalue weighted by Crippen LogP contribution is 2.52. The van der Waals surface area contributed by atoms with Gasteiger partial charge >= 0.3 is 6.03 Å². The van der Waals surface area contributed by atoms with Crippen LogP contribution in [0.3, 0.4) is 0 Å². The van der Waals surface area contributed by atoms with Crippen molar-refractivity contribution in [2.24, 2.45) is 23.7 Å². The maximum atomic E-state index is 14.4. The first-order chi connectivity index (χ1) is 20.7. The molecule has 4 bridgehead atoms. The number of piperidine rings is 1. The van der Waals surface area contributed by atoms with E-state index in [4.69, 9.17) is 4.98 Å². The van der Waals surface area contributed by atoms with Crippen molar-refractivity contribution in [3.63, 3.8) is 0 Å². The molecule has 3 aliphatic carbocycles. The minimum Gasteiger partial charge on any atom is -0.333 e. The molecular weight excluding hydrogens is 540 g/mol. The number of fused-ring (bicyclic) bond motifs is 8. The molecule has 0 spiro atoms. The molecule has 3 amide bonds. The highest BCUT2D eigenvalue weighted by Gasteiger charge is 2.50. The highest BCUT2D eigenvalue weighted by atomic mass is 16.2. The van der Waals surface area contributed by atoms with Gasteiger partial charge in [-0.2, -0.15) is 0 Å². The van der Waals surface area contributed by atoms with E-state index in [-0.39, 0.29) is 28.9 Å². The molecule has 8 atom stereocenters. The monoisotopic (exact) mass is 586 g/mol. The number of carbonyl (C=O) groups excluding carboxylic acids is 2. The Labute approximate surface area is 254 Å². The van der Waals surface area contributed by atoms with Crippen LogP contribution in [-0.4, -0.2) is 50.7 Å². The van der Waals surface area contributed by atoms with E-state index >= 15 is 0 Å². The summed E-state index contributed by atoms with van der Waals surface area (Å²) < 4.78 is 1.99. The largest absolute Gasteiger partial charge is 0.333 e. The molecule has 9 heteroatoms. The van der Waals surface area contributed by atoms with E-state index in [1.807, 2.05) is 28.8 Å². The van der Waals surface area contributed by atoms with Crippen LogP contribution in [-0.2, 0) is 4.79 Å². The average molecular weight is 587 g/mol. The van der Waals surface area contributed by atoms with Crippen molar-refractivity contribution >= 4 is 28.8 Å². The van der Waals surface area contributed by atoms with Gasteiger partial charge in [0.2, 0.25) is 11.7 Å². The third kappa shape index (κ3) is 5.17. The Balaban J connectivity index is 1.25. The average Bonchev–Trinajstić information content (AvgIpc) is 2.95. The fourth-order valence-corrected chi connectivity index (χ4v) is 9.52. The quantitative estimate of drug-likeness (QED) is 0.506. The van der Waals surface area contributed by atoms with E-state index in [9.17, 15) is 14.4 Å². The predicted octanol–water partition coefficient (Wildman–Crippen LogP) is 5.31. The lowest BCUT2D eigenvalue weighted by Gasteiger charge is -2.59. The van der Waals surface area contributed by atoms with E-state index in [1.165, 1.54) is 63.2 Å². The molecule has 2 unspecified atom stereocenters. The van der Waals surface area contributed by atoms with Gasteiger partial charge in [0.25, 0.3) is 5.56 Å². The number of urea groups is 1. The summed E-state index contributed by atoms with van der Waals surface area (Å²) in [6.07, 6.45) is 15.0. The third-order valence-corrected chi connectivity index (χ3v) is 11.5. The lowest BCUT2D eigenvalue weighted by molar-refractivity contribution is -0.119. The first-order valence-electron chi connectivity index (χ1n) is 16.5. The van der Waals surface area contributed by atoms with E-state index in [2.05, 4.69) is 29.4 Å². The fourth-order valence-electron chi connectivity index (χ4n) is 9.52. The maximum absolute atomic E-state index is 14.4. The Hall–Kier alpha value is -3.20. The Bertz CT molecular complexity index is 1500. The lowest BCUT2D eigenvalue weighted by atomic mass is 9.60. The number of nitrogens with zero attached hydrogens (tertiary/aromatic N) is 4. The Kier molecular flexibility index (Phi) is 7.35. The van der Waals surface area contributed by atoms with Gasteiger partial charge in [-0.15, -0.1) is 0 Å². The third-order valence-electron chi connectivity index (χ3n) is 11.5. The van der Waals surface area contributed by atoms with E-state index < -0.39 is 12.2 Å². The van der Waals surface area contributed by atoms with Gasteiger partial charge in [0.05, 0.1) is 11.0 Å². The van der Waals surface area contributed by atoms with Crippen LogP contribution in [0.4, 0.5) is 10.6 Å². The van der Waals surface area contributed by atoms with Gasteiger partial charge in [0.15, 0.2) is 0 Å². The molecule has 1 aromatic carbocycles. The molecule has 2 aromatic rings. The summed E-state index contributed by atoms with van der Waals surface area (Å²) in [6.45, 7) is 7.46. The number of carbonyl (C=O) groups is 2. The fraction of sp³-hybridized carbons (Fsp3) is 0.647. The van der Waals surface area contributed by atoms with Crippen LogP contribution in [0, 0.1) is 23.7 Å².